The van der Waals surface area contributed by atoms with E-state index in [9.17, 15) is 0 Å². The number of fused-ring (bicyclic) bond motifs is 1. The third-order valence-corrected chi connectivity index (χ3v) is 3.73. The van der Waals surface area contributed by atoms with Gasteiger partial charge in [-0.25, -0.2) is 0 Å². The molecule has 0 bridgehead atoms. The number of aryl methyl sites for hydroxylation is 1. The summed E-state index contributed by atoms with van der Waals surface area (Å²) in [5.74, 6) is 0. The van der Waals surface area contributed by atoms with E-state index < -0.39 is 0 Å². The zero-order valence-corrected chi connectivity index (χ0v) is 11.9. The van der Waals surface area contributed by atoms with E-state index in [4.69, 9.17) is 0 Å². The molecule has 0 aromatic heterocycles. The Morgan fingerprint density at radius 1 is 1.18 bits per heavy atom. The van der Waals surface area contributed by atoms with Crippen molar-refractivity contribution in [2.45, 2.75) is 58.9 Å². The van der Waals surface area contributed by atoms with E-state index in [1.807, 2.05) is 0 Å². The lowest BCUT2D eigenvalue weighted by Gasteiger charge is -2.36. The van der Waals surface area contributed by atoms with Crippen LogP contribution in [0.15, 0.2) is 18.2 Å². The number of benzene rings is 1. The first-order valence-electron chi connectivity index (χ1n) is 6.79. The fraction of sp³-hybridized carbons (Fsp3) is 0.625. The van der Waals surface area contributed by atoms with Crippen LogP contribution in [0, 0.1) is 0 Å². The zero-order valence-electron chi connectivity index (χ0n) is 11.9. The van der Waals surface area contributed by atoms with Gasteiger partial charge in [-0.05, 0) is 49.3 Å². The van der Waals surface area contributed by atoms with Crippen LogP contribution in [0.4, 0.5) is 5.69 Å². The number of nitrogens with zero attached hydrogens (tertiary/aromatic N) is 1. The second-order valence-electron chi connectivity index (χ2n) is 6.48. The first-order chi connectivity index (χ1) is 7.89. The molecule has 0 radical (unpaired) electrons. The second kappa shape index (κ2) is 4.36. The molecule has 1 heterocycles. The summed E-state index contributed by atoms with van der Waals surface area (Å²) < 4.78 is 0. The molecule has 1 aromatic rings. The van der Waals surface area contributed by atoms with Gasteiger partial charge in [-0.1, -0.05) is 32.9 Å². The fourth-order valence-electron chi connectivity index (χ4n) is 2.61. The maximum Gasteiger partial charge on any atom is 0.0404 e. The maximum absolute atomic E-state index is 2.55. The Morgan fingerprint density at radius 2 is 1.88 bits per heavy atom. The minimum Gasteiger partial charge on any atom is -0.369 e. The van der Waals surface area contributed by atoms with Gasteiger partial charge < -0.3 is 4.90 Å². The van der Waals surface area contributed by atoms with E-state index in [2.05, 4.69) is 57.7 Å². The summed E-state index contributed by atoms with van der Waals surface area (Å²) in [5, 5.41) is 0. The number of anilines is 1. The van der Waals surface area contributed by atoms with Crippen LogP contribution < -0.4 is 4.90 Å². The molecule has 0 unspecified atom stereocenters. The molecular formula is C16H25N. The molecule has 17 heavy (non-hydrogen) atoms. The fourth-order valence-corrected chi connectivity index (χ4v) is 2.61. The lowest BCUT2D eigenvalue weighted by Crippen LogP contribution is -2.35. The number of rotatable bonds is 1. The second-order valence-corrected chi connectivity index (χ2v) is 6.48. The molecule has 0 aliphatic carbocycles. The van der Waals surface area contributed by atoms with E-state index >= 15 is 0 Å². The van der Waals surface area contributed by atoms with Gasteiger partial charge in [0.15, 0.2) is 0 Å². The lowest BCUT2D eigenvalue weighted by molar-refractivity contribution is 0.584. The van der Waals surface area contributed by atoms with Crippen molar-refractivity contribution in [1.82, 2.24) is 0 Å². The Balaban J connectivity index is 2.44. The van der Waals surface area contributed by atoms with E-state index in [1.165, 1.54) is 36.2 Å². The highest BCUT2D eigenvalue weighted by Gasteiger charge is 2.22. The quantitative estimate of drug-likeness (QED) is 0.702. The standard InChI is InChI=1S/C16H25N/c1-12(2)17-10-6-7-13-8-9-14(11-15(13)17)16(3,4)5/h8-9,11-12H,6-7,10H2,1-5H3. The van der Waals surface area contributed by atoms with E-state index in [0.717, 1.165) is 0 Å². The van der Waals surface area contributed by atoms with Crippen LogP contribution in [-0.4, -0.2) is 12.6 Å². The van der Waals surface area contributed by atoms with Gasteiger partial charge in [0.2, 0.25) is 0 Å². The van der Waals surface area contributed by atoms with Crippen molar-refractivity contribution in [3.8, 4) is 0 Å². The van der Waals surface area contributed by atoms with Gasteiger partial charge in [-0.2, -0.15) is 0 Å². The van der Waals surface area contributed by atoms with Crippen LogP contribution in [-0.2, 0) is 11.8 Å². The lowest BCUT2D eigenvalue weighted by atomic mass is 9.85. The highest BCUT2D eigenvalue weighted by atomic mass is 15.2. The molecular weight excluding hydrogens is 206 g/mol. The molecule has 2 rings (SSSR count). The van der Waals surface area contributed by atoms with Crippen LogP contribution in [0.3, 0.4) is 0 Å². The highest BCUT2D eigenvalue weighted by Crippen LogP contribution is 2.33. The van der Waals surface area contributed by atoms with Crippen LogP contribution in [0.25, 0.3) is 0 Å². The predicted molar refractivity (Wildman–Crippen MR) is 75.9 cm³/mol. The summed E-state index contributed by atoms with van der Waals surface area (Å²) in [4.78, 5) is 2.55. The first-order valence-corrected chi connectivity index (χ1v) is 6.79. The van der Waals surface area contributed by atoms with Gasteiger partial charge in [0, 0.05) is 18.3 Å². The van der Waals surface area contributed by atoms with E-state index in [1.54, 1.807) is 0 Å². The third-order valence-electron chi connectivity index (χ3n) is 3.73. The molecule has 0 fully saturated rings. The summed E-state index contributed by atoms with van der Waals surface area (Å²) in [5.41, 5.74) is 4.69. The monoisotopic (exact) mass is 231 g/mol. The summed E-state index contributed by atoms with van der Waals surface area (Å²) >= 11 is 0. The molecule has 0 saturated carbocycles. The molecule has 0 saturated heterocycles. The molecule has 0 atom stereocenters. The van der Waals surface area contributed by atoms with Crippen molar-refractivity contribution in [2.75, 3.05) is 11.4 Å². The smallest absolute Gasteiger partial charge is 0.0404 e. The molecule has 0 N–H and O–H groups in total. The number of hydrogen-bond acceptors (Lipinski definition) is 1. The van der Waals surface area contributed by atoms with Crippen LogP contribution >= 0.6 is 0 Å². The van der Waals surface area contributed by atoms with Crippen molar-refractivity contribution in [2.24, 2.45) is 0 Å². The Morgan fingerprint density at radius 3 is 2.47 bits per heavy atom. The minimum absolute atomic E-state index is 0.245. The predicted octanol–water partition coefficient (Wildman–Crippen LogP) is 4.15. The van der Waals surface area contributed by atoms with Crippen LogP contribution in [0.5, 0.6) is 0 Å². The third kappa shape index (κ3) is 2.48. The highest BCUT2D eigenvalue weighted by molar-refractivity contribution is 5.58. The molecule has 1 aromatic carbocycles. The normalized spacial score (nSPS) is 16.2. The topological polar surface area (TPSA) is 3.24 Å². The maximum atomic E-state index is 2.55. The Bertz CT molecular complexity index is 398. The summed E-state index contributed by atoms with van der Waals surface area (Å²) in [7, 11) is 0. The van der Waals surface area contributed by atoms with Gasteiger partial charge in [0.25, 0.3) is 0 Å². The molecule has 1 nitrogen and oxygen atoms in total. The molecule has 0 amide bonds. The van der Waals surface area contributed by atoms with Crippen molar-refractivity contribution >= 4 is 5.69 Å². The molecule has 0 spiro atoms. The van der Waals surface area contributed by atoms with Gasteiger partial charge in [0.1, 0.15) is 0 Å². The van der Waals surface area contributed by atoms with Crippen molar-refractivity contribution in [3.63, 3.8) is 0 Å². The minimum atomic E-state index is 0.245. The van der Waals surface area contributed by atoms with Crippen molar-refractivity contribution in [1.29, 1.82) is 0 Å². The number of hydrogen-bond donors (Lipinski definition) is 0. The first kappa shape index (κ1) is 12.5. The van der Waals surface area contributed by atoms with Crippen LogP contribution in [0.2, 0.25) is 0 Å². The summed E-state index contributed by atoms with van der Waals surface area (Å²) in [6.45, 7) is 12.7. The molecule has 1 aliphatic heterocycles. The molecule has 94 valence electrons. The summed E-state index contributed by atoms with van der Waals surface area (Å²) in [6.07, 6.45) is 2.53. The zero-order chi connectivity index (χ0) is 12.6. The van der Waals surface area contributed by atoms with Crippen molar-refractivity contribution < 1.29 is 0 Å². The van der Waals surface area contributed by atoms with Crippen LogP contribution in [0.1, 0.15) is 52.2 Å². The Labute approximate surface area is 106 Å². The van der Waals surface area contributed by atoms with Gasteiger partial charge in [-0.15, -0.1) is 0 Å². The SMILES string of the molecule is CC(C)N1CCCc2ccc(C(C)(C)C)cc21. The average molecular weight is 231 g/mol. The van der Waals surface area contributed by atoms with Gasteiger partial charge in [-0.3, -0.25) is 0 Å². The van der Waals surface area contributed by atoms with E-state index in [0.29, 0.717) is 6.04 Å². The Hall–Kier alpha value is -0.980. The molecule has 1 heteroatoms. The summed E-state index contributed by atoms with van der Waals surface area (Å²) in [6, 6.07) is 7.66. The van der Waals surface area contributed by atoms with Gasteiger partial charge >= 0.3 is 0 Å². The molecule has 1 aliphatic rings. The van der Waals surface area contributed by atoms with Crippen molar-refractivity contribution in [3.05, 3.63) is 29.3 Å². The van der Waals surface area contributed by atoms with Gasteiger partial charge in [0.05, 0.1) is 0 Å². The largest absolute Gasteiger partial charge is 0.369 e. The van der Waals surface area contributed by atoms with E-state index in [-0.39, 0.29) is 5.41 Å². The Kier molecular flexibility index (Phi) is 3.20. The average Bonchev–Trinajstić information content (AvgIpc) is 2.26.